The van der Waals surface area contributed by atoms with Gasteiger partial charge in [-0.3, -0.25) is 0 Å². The molecular weight excluding hydrogens is 256 g/mol. The summed E-state index contributed by atoms with van der Waals surface area (Å²) < 4.78 is 10.2. The van der Waals surface area contributed by atoms with Crippen molar-refractivity contribution in [1.82, 2.24) is 0 Å². The molecule has 0 amide bonds. The largest absolute Gasteiger partial charge is 0.456 e. The van der Waals surface area contributed by atoms with Crippen LogP contribution in [-0.2, 0) is 4.74 Å². The summed E-state index contributed by atoms with van der Waals surface area (Å²) in [6.07, 6.45) is 5.39. The van der Waals surface area contributed by atoms with Gasteiger partial charge in [0.25, 0.3) is 0 Å². The number of carbonyl (C=O) groups excluding carboxylic acids is 2. The molecule has 1 aliphatic rings. The monoisotopic (exact) mass is 264 g/mol. The first kappa shape index (κ1) is 12.0. The molecule has 0 spiro atoms. The molecule has 0 saturated carbocycles. The van der Waals surface area contributed by atoms with E-state index < -0.39 is 11.9 Å². The lowest BCUT2D eigenvalue weighted by atomic mass is 10.1. The van der Waals surface area contributed by atoms with Gasteiger partial charge in [-0.05, 0) is 30.3 Å². The van der Waals surface area contributed by atoms with Gasteiger partial charge in [-0.1, -0.05) is 18.1 Å². The van der Waals surface area contributed by atoms with E-state index >= 15 is 0 Å². The second-order valence-corrected chi connectivity index (χ2v) is 4.13. The van der Waals surface area contributed by atoms with Crippen molar-refractivity contribution in [2.75, 3.05) is 0 Å². The molecule has 0 atom stereocenters. The fourth-order valence-electron chi connectivity index (χ4n) is 1.93. The van der Waals surface area contributed by atoms with Crippen LogP contribution in [0, 0.1) is 12.3 Å². The third-order valence-corrected chi connectivity index (χ3v) is 2.89. The van der Waals surface area contributed by atoms with Gasteiger partial charge in [0.05, 0.1) is 16.7 Å². The highest BCUT2D eigenvalue weighted by Crippen LogP contribution is 2.29. The van der Waals surface area contributed by atoms with E-state index in [2.05, 4.69) is 10.7 Å². The van der Waals surface area contributed by atoms with Gasteiger partial charge >= 0.3 is 11.9 Å². The van der Waals surface area contributed by atoms with Crippen LogP contribution in [0.4, 0.5) is 0 Å². The van der Waals surface area contributed by atoms with Crippen molar-refractivity contribution in [2.24, 2.45) is 0 Å². The Bertz CT molecular complexity index is 768. The van der Waals surface area contributed by atoms with Crippen LogP contribution in [-0.4, -0.2) is 11.9 Å². The number of hydrogen-bond donors (Lipinski definition) is 0. The number of ether oxygens (including phenoxy) is 2. The molecule has 0 saturated heterocycles. The first-order valence-electron chi connectivity index (χ1n) is 5.83. The van der Waals surface area contributed by atoms with Crippen LogP contribution >= 0.6 is 0 Å². The molecule has 0 unspecified atom stereocenters. The topological polar surface area (TPSA) is 52.6 Å². The van der Waals surface area contributed by atoms with Crippen LogP contribution in [0.2, 0.25) is 0 Å². The van der Waals surface area contributed by atoms with Crippen LogP contribution in [0.15, 0.2) is 42.5 Å². The lowest BCUT2D eigenvalue weighted by molar-refractivity contribution is 0.0443. The van der Waals surface area contributed by atoms with Gasteiger partial charge < -0.3 is 9.47 Å². The number of cyclic esters (lactones) is 2. The molecule has 0 N–H and O–H groups in total. The fourth-order valence-corrected chi connectivity index (χ4v) is 1.93. The summed E-state index contributed by atoms with van der Waals surface area (Å²) in [5, 5.41) is 0. The Labute approximate surface area is 114 Å². The summed E-state index contributed by atoms with van der Waals surface area (Å²) >= 11 is 0. The maximum Gasteiger partial charge on any atom is 0.347 e. The zero-order valence-electron chi connectivity index (χ0n) is 10.3. The number of esters is 2. The van der Waals surface area contributed by atoms with E-state index in [1.54, 1.807) is 30.3 Å². The fraction of sp³-hybridized carbons (Fsp3) is 0. The highest BCUT2D eigenvalue weighted by atomic mass is 16.6. The third-order valence-electron chi connectivity index (χ3n) is 2.89. The van der Waals surface area contributed by atoms with Crippen LogP contribution in [0.1, 0.15) is 26.3 Å². The van der Waals surface area contributed by atoms with E-state index in [4.69, 9.17) is 11.2 Å². The van der Waals surface area contributed by atoms with Gasteiger partial charge in [-0.25, -0.2) is 9.59 Å². The Morgan fingerprint density at radius 2 is 1.75 bits per heavy atom. The van der Waals surface area contributed by atoms with Crippen molar-refractivity contribution in [1.29, 1.82) is 0 Å². The first-order chi connectivity index (χ1) is 9.69. The highest BCUT2D eigenvalue weighted by Gasteiger charge is 2.29. The maximum absolute atomic E-state index is 11.5. The van der Waals surface area contributed by atoms with Crippen LogP contribution < -0.4 is 4.74 Å². The smallest absolute Gasteiger partial charge is 0.347 e. The number of benzene rings is 2. The minimum absolute atomic E-state index is 0.200. The minimum atomic E-state index is -0.666. The van der Waals surface area contributed by atoms with E-state index in [0.29, 0.717) is 17.1 Å². The predicted octanol–water partition coefficient (Wildman–Crippen LogP) is 2.77. The SMILES string of the molecule is C#Cc1ccccc1Oc1ccc2c(c1)C(=O)OC2=O. The molecule has 0 aromatic heterocycles. The Hall–Kier alpha value is -3.06. The Kier molecular flexibility index (Phi) is 2.73. The van der Waals surface area contributed by atoms with Crippen molar-refractivity contribution in [2.45, 2.75) is 0 Å². The molecule has 2 aromatic rings. The first-order valence-corrected chi connectivity index (χ1v) is 5.83. The molecule has 0 fully saturated rings. The number of para-hydroxylation sites is 1. The average Bonchev–Trinajstić information content (AvgIpc) is 2.74. The molecular formula is C16H8O4. The molecule has 1 aliphatic heterocycles. The van der Waals surface area contributed by atoms with E-state index in [-0.39, 0.29) is 11.1 Å². The molecule has 4 heteroatoms. The maximum atomic E-state index is 11.5. The molecule has 2 aromatic carbocycles. The highest BCUT2D eigenvalue weighted by molar-refractivity contribution is 6.14. The summed E-state index contributed by atoms with van der Waals surface area (Å²) in [4.78, 5) is 22.8. The average molecular weight is 264 g/mol. The Morgan fingerprint density at radius 1 is 1.00 bits per heavy atom. The molecule has 3 rings (SSSR count). The molecule has 0 bridgehead atoms. The van der Waals surface area contributed by atoms with Crippen molar-refractivity contribution in [3.63, 3.8) is 0 Å². The predicted molar refractivity (Wildman–Crippen MR) is 70.6 cm³/mol. The molecule has 0 aliphatic carbocycles. The number of carbonyl (C=O) groups is 2. The molecule has 4 nitrogen and oxygen atoms in total. The number of hydrogen-bond acceptors (Lipinski definition) is 4. The van der Waals surface area contributed by atoms with E-state index in [0.717, 1.165) is 0 Å². The second-order valence-electron chi connectivity index (χ2n) is 4.13. The molecule has 1 heterocycles. The van der Waals surface area contributed by atoms with Crippen LogP contribution in [0.5, 0.6) is 11.5 Å². The lowest BCUT2D eigenvalue weighted by Gasteiger charge is -2.08. The zero-order chi connectivity index (χ0) is 14.1. The summed E-state index contributed by atoms with van der Waals surface area (Å²) in [5.41, 5.74) is 1.05. The Balaban J connectivity index is 1.98. The van der Waals surface area contributed by atoms with Gasteiger partial charge in [0.15, 0.2) is 0 Å². The lowest BCUT2D eigenvalue weighted by Crippen LogP contribution is -1.96. The number of terminal acetylenes is 1. The normalized spacial score (nSPS) is 12.6. The summed E-state index contributed by atoms with van der Waals surface area (Å²) in [6, 6.07) is 11.6. The molecule has 96 valence electrons. The standard InChI is InChI=1S/C16H8O4/c1-2-10-5-3-4-6-14(10)19-11-7-8-12-13(9-11)16(18)20-15(12)17/h1,3-9H. The number of rotatable bonds is 2. The van der Waals surface area contributed by atoms with Crippen molar-refractivity contribution < 1.29 is 19.1 Å². The minimum Gasteiger partial charge on any atom is -0.456 e. The van der Waals surface area contributed by atoms with Gasteiger partial charge in [-0.2, -0.15) is 0 Å². The zero-order valence-corrected chi connectivity index (χ0v) is 10.3. The number of fused-ring (bicyclic) bond motifs is 1. The molecule has 20 heavy (non-hydrogen) atoms. The summed E-state index contributed by atoms with van der Waals surface area (Å²) in [5.74, 6) is 2.13. The van der Waals surface area contributed by atoms with E-state index in [9.17, 15) is 9.59 Å². The van der Waals surface area contributed by atoms with Gasteiger partial charge in [0, 0.05) is 0 Å². The summed E-state index contributed by atoms with van der Waals surface area (Å²) in [7, 11) is 0. The van der Waals surface area contributed by atoms with E-state index in [1.807, 2.05) is 0 Å². The van der Waals surface area contributed by atoms with Crippen molar-refractivity contribution in [3.8, 4) is 23.8 Å². The Morgan fingerprint density at radius 3 is 2.55 bits per heavy atom. The summed E-state index contributed by atoms with van der Waals surface area (Å²) in [6.45, 7) is 0. The quantitative estimate of drug-likeness (QED) is 0.475. The molecule has 0 radical (unpaired) electrons. The van der Waals surface area contributed by atoms with Crippen molar-refractivity contribution in [3.05, 3.63) is 59.2 Å². The second kappa shape index (κ2) is 4.56. The van der Waals surface area contributed by atoms with E-state index in [1.165, 1.54) is 12.1 Å². The van der Waals surface area contributed by atoms with Gasteiger partial charge in [0.1, 0.15) is 11.5 Å². The van der Waals surface area contributed by atoms with Crippen LogP contribution in [0.25, 0.3) is 0 Å². The van der Waals surface area contributed by atoms with Crippen LogP contribution in [0.3, 0.4) is 0 Å². The van der Waals surface area contributed by atoms with Gasteiger partial charge in [0.2, 0.25) is 0 Å². The third kappa shape index (κ3) is 1.91. The van der Waals surface area contributed by atoms with Gasteiger partial charge in [-0.15, -0.1) is 6.42 Å². The van der Waals surface area contributed by atoms with Crippen molar-refractivity contribution >= 4 is 11.9 Å².